The molecule has 0 radical (unpaired) electrons. The average molecular weight is 298 g/mol. The molecule has 0 amide bonds. The molecule has 1 N–H and O–H groups in total. The Labute approximate surface area is 124 Å². The molecule has 2 rings (SSSR count). The van der Waals surface area contributed by atoms with E-state index in [4.69, 9.17) is 11.6 Å². The first-order chi connectivity index (χ1) is 9.45. The molecular weight excluding hydrogens is 278 g/mol. The van der Waals surface area contributed by atoms with Gasteiger partial charge in [-0.2, -0.15) is 0 Å². The van der Waals surface area contributed by atoms with Gasteiger partial charge in [-0.05, 0) is 32.9 Å². The third kappa shape index (κ3) is 3.29. The van der Waals surface area contributed by atoms with E-state index in [1.54, 1.807) is 12.1 Å². The Morgan fingerprint density at radius 3 is 2.65 bits per heavy atom. The second kappa shape index (κ2) is 6.08. The molecule has 1 aromatic rings. The van der Waals surface area contributed by atoms with Crippen LogP contribution in [0.2, 0.25) is 5.02 Å². The normalized spacial score (nSPS) is 18.9. The lowest BCUT2D eigenvalue weighted by Crippen LogP contribution is -2.49. The first-order valence-corrected chi connectivity index (χ1v) is 7.16. The first-order valence-electron chi connectivity index (χ1n) is 6.78. The molecule has 5 nitrogen and oxygen atoms in total. The van der Waals surface area contributed by atoms with E-state index in [1.807, 2.05) is 7.05 Å². The monoisotopic (exact) mass is 297 g/mol. The number of nitro groups is 1. The van der Waals surface area contributed by atoms with E-state index >= 15 is 0 Å². The number of hydrogen-bond donors (Lipinski definition) is 1. The maximum absolute atomic E-state index is 11.1. The molecule has 110 valence electrons. The summed E-state index contributed by atoms with van der Waals surface area (Å²) < 4.78 is 0. The predicted molar refractivity (Wildman–Crippen MR) is 80.1 cm³/mol. The van der Waals surface area contributed by atoms with Crippen LogP contribution >= 0.6 is 11.6 Å². The molecule has 0 saturated carbocycles. The van der Waals surface area contributed by atoms with Gasteiger partial charge in [-0.3, -0.25) is 15.0 Å². The van der Waals surface area contributed by atoms with Crippen LogP contribution < -0.4 is 5.32 Å². The quantitative estimate of drug-likeness (QED) is 0.686. The van der Waals surface area contributed by atoms with Gasteiger partial charge in [0.15, 0.2) is 0 Å². The second-order valence-corrected chi connectivity index (χ2v) is 5.99. The van der Waals surface area contributed by atoms with Crippen molar-refractivity contribution in [2.75, 3.05) is 20.1 Å². The Morgan fingerprint density at radius 2 is 2.10 bits per heavy atom. The zero-order valence-electron chi connectivity index (χ0n) is 11.9. The number of likely N-dealkylation sites (tertiary alicyclic amines) is 1. The van der Waals surface area contributed by atoms with Crippen molar-refractivity contribution >= 4 is 17.3 Å². The van der Waals surface area contributed by atoms with Crippen molar-refractivity contribution < 1.29 is 4.92 Å². The summed E-state index contributed by atoms with van der Waals surface area (Å²) >= 11 is 6.13. The molecule has 0 spiro atoms. The van der Waals surface area contributed by atoms with Gasteiger partial charge in [0.2, 0.25) is 0 Å². The maximum atomic E-state index is 11.1. The van der Waals surface area contributed by atoms with Gasteiger partial charge in [-0.25, -0.2) is 0 Å². The van der Waals surface area contributed by atoms with Crippen molar-refractivity contribution in [2.24, 2.45) is 0 Å². The van der Waals surface area contributed by atoms with Gasteiger partial charge < -0.3 is 5.32 Å². The number of benzene rings is 1. The highest BCUT2D eigenvalue weighted by Crippen LogP contribution is 2.29. The van der Waals surface area contributed by atoms with Crippen molar-refractivity contribution in [1.82, 2.24) is 10.2 Å². The largest absolute Gasteiger partial charge is 0.314 e. The third-order valence-electron chi connectivity index (χ3n) is 4.24. The van der Waals surface area contributed by atoms with Crippen molar-refractivity contribution in [3.8, 4) is 0 Å². The molecule has 0 aromatic heterocycles. The van der Waals surface area contributed by atoms with E-state index in [1.165, 1.54) is 6.07 Å². The van der Waals surface area contributed by atoms with Gasteiger partial charge in [-0.1, -0.05) is 17.7 Å². The lowest BCUT2D eigenvalue weighted by molar-refractivity contribution is -0.385. The molecule has 1 fully saturated rings. The minimum absolute atomic E-state index is 0.111. The zero-order chi connectivity index (χ0) is 14.8. The van der Waals surface area contributed by atoms with Crippen molar-refractivity contribution in [2.45, 2.75) is 31.8 Å². The van der Waals surface area contributed by atoms with Crippen LogP contribution in [0.1, 0.15) is 25.3 Å². The molecule has 0 atom stereocenters. The van der Waals surface area contributed by atoms with Gasteiger partial charge in [0.1, 0.15) is 0 Å². The van der Waals surface area contributed by atoms with E-state index in [2.05, 4.69) is 17.1 Å². The summed E-state index contributed by atoms with van der Waals surface area (Å²) in [5.41, 5.74) is 0.898. The summed E-state index contributed by atoms with van der Waals surface area (Å²) in [6, 6.07) is 4.85. The molecule has 6 heteroatoms. The Morgan fingerprint density at radius 1 is 1.45 bits per heavy atom. The lowest BCUT2D eigenvalue weighted by Gasteiger charge is -2.39. The average Bonchev–Trinajstić information content (AvgIpc) is 2.43. The van der Waals surface area contributed by atoms with Gasteiger partial charge in [0, 0.05) is 31.2 Å². The van der Waals surface area contributed by atoms with E-state index in [-0.39, 0.29) is 16.1 Å². The lowest BCUT2D eigenvalue weighted by atomic mass is 9.89. The Bertz CT molecular complexity index is 499. The van der Waals surface area contributed by atoms with E-state index in [9.17, 15) is 10.1 Å². The molecule has 0 aliphatic carbocycles. The van der Waals surface area contributed by atoms with Gasteiger partial charge in [0.05, 0.1) is 15.5 Å². The summed E-state index contributed by atoms with van der Waals surface area (Å²) in [4.78, 5) is 13.0. The van der Waals surface area contributed by atoms with Crippen LogP contribution in [0.5, 0.6) is 0 Å². The predicted octanol–water partition coefficient (Wildman–Crippen LogP) is 2.82. The van der Waals surface area contributed by atoms with Crippen molar-refractivity contribution in [3.63, 3.8) is 0 Å². The summed E-state index contributed by atoms with van der Waals surface area (Å²) in [7, 11) is 1.98. The molecule has 0 bridgehead atoms. The molecule has 1 aromatic carbocycles. The highest BCUT2D eigenvalue weighted by Gasteiger charge is 2.29. The van der Waals surface area contributed by atoms with Crippen LogP contribution in [0, 0.1) is 10.1 Å². The number of nitro benzene ring substituents is 1. The van der Waals surface area contributed by atoms with E-state index in [0.717, 1.165) is 25.9 Å². The Kier molecular flexibility index (Phi) is 4.62. The molecular formula is C14H20ClN3O2. The molecule has 1 aliphatic rings. The number of piperidine rings is 1. The van der Waals surface area contributed by atoms with E-state index in [0.29, 0.717) is 17.1 Å². The van der Waals surface area contributed by atoms with Crippen molar-refractivity contribution in [1.29, 1.82) is 0 Å². The number of nitrogens with one attached hydrogen (secondary N) is 1. The number of hydrogen-bond acceptors (Lipinski definition) is 4. The first kappa shape index (κ1) is 15.2. The molecule has 1 heterocycles. The fourth-order valence-electron chi connectivity index (χ4n) is 2.55. The topological polar surface area (TPSA) is 58.4 Å². The molecule has 20 heavy (non-hydrogen) atoms. The smallest absolute Gasteiger partial charge is 0.275 e. The zero-order valence-corrected chi connectivity index (χ0v) is 12.6. The van der Waals surface area contributed by atoms with E-state index < -0.39 is 0 Å². The van der Waals surface area contributed by atoms with Gasteiger partial charge in [0.25, 0.3) is 5.69 Å². The van der Waals surface area contributed by atoms with Crippen LogP contribution in [0.25, 0.3) is 0 Å². The minimum Gasteiger partial charge on any atom is -0.314 e. The fraction of sp³-hybridized carbons (Fsp3) is 0.571. The highest BCUT2D eigenvalue weighted by molar-refractivity contribution is 6.31. The number of halogens is 1. The Hall–Kier alpha value is -1.17. The molecule has 1 aliphatic heterocycles. The number of rotatable bonds is 4. The van der Waals surface area contributed by atoms with Gasteiger partial charge >= 0.3 is 0 Å². The van der Waals surface area contributed by atoms with Gasteiger partial charge in [-0.15, -0.1) is 0 Å². The second-order valence-electron chi connectivity index (χ2n) is 5.58. The van der Waals surface area contributed by atoms with Crippen molar-refractivity contribution in [3.05, 3.63) is 38.9 Å². The summed E-state index contributed by atoms with van der Waals surface area (Å²) in [5.74, 6) is 0. The van der Waals surface area contributed by atoms with Crippen LogP contribution in [0.4, 0.5) is 5.69 Å². The highest BCUT2D eigenvalue weighted by atomic mass is 35.5. The maximum Gasteiger partial charge on any atom is 0.275 e. The molecule has 0 unspecified atom stereocenters. The number of nitrogens with zero attached hydrogens (tertiary/aromatic N) is 2. The van der Waals surface area contributed by atoms with Crippen LogP contribution in [0.3, 0.4) is 0 Å². The standard InChI is InChI=1S/C14H20ClN3O2/c1-14(16-2)6-8-17(9-7-14)10-11-12(15)4-3-5-13(11)18(19)20/h3-5,16H,6-10H2,1-2H3. The third-order valence-corrected chi connectivity index (χ3v) is 4.59. The van der Waals surface area contributed by atoms with Crippen LogP contribution in [0.15, 0.2) is 18.2 Å². The molecule has 1 saturated heterocycles. The minimum atomic E-state index is -0.358. The summed E-state index contributed by atoms with van der Waals surface area (Å²) in [6.45, 7) is 4.58. The van der Waals surface area contributed by atoms with Crippen LogP contribution in [-0.2, 0) is 6.54 Å². The SMILES string of the molecule is CNC1(C)CCN(Cc2c(Cl)cccc2[N+](=O)[O-])CC1. The van der Waals surface area contributed by atoms with Crippen LogP contribution in [-0.4, -0.2) is 35.5 Å². The summed E-state index contributed by atoms with van der Waals surface area (Å²) in [6.07, 6.45) is 2.06. The Balaban J connectivity index is 2.10. The summed E-state index contributed by atoms with van der Waals surface area (Å²) in [5, 5.41) is 14.9. The fourth-order valence-corrected chi connectivity index (χ4v) is 2.78.